The van der Waals surface area contributed by atoms with Gasteiger partial charge in [0.1, 0.15) is 17.2 Å². The van der Waals surface area contributed by atoms with Crippen LogP contribution in [-0.2, 0) is 0 Å². The monoisotopic (exact) mass is 518 g/mol. The van der Waals surface area contributed by atoms with Crippen molar-refractivity contribution in [3.05, 3.63) is 54.7 Å². The number of β-amino-alcohol motifs (C(OH)–C–C–N with tert-alkyl or cyclic N) is 1. The van der Waals surface area contributed by atoms with E-state index >= 15 is 0 Å². The number of methoxy groups -OCH3 is 3. The Morgan fingerprint density at radius 1 is 0.921 bits per heavy atom. The van der Waals surface area contributed by atoms with Crippen LogP contribution in [0.2, 0.25) is 0 Å². The number of ether oxygens (including phenoxy) is 3. The van der Waals surface area contributed by atoms with Gasteiger partial charge in [-0.2, -0.15) is 0 Å². The maximum Gasteiger partial charge on any atom is 0.245 e. The third kappa shape index (κ3) is 5.18. The zero-order valence-corrected chi connectivity index (χ0v) is 22.2. The van der Waals surface area contributed by atoms with Crippen LogP contribution in [-0.4, -0.2) is 84.8 Å². The molecule has 0 aliphatic carbocycles. The van der Waals surface area contributed by atoms with Gasteiger partial charge in [-0.05, 0) is 43.3 Å². The van der Waals surface area contributed by atoms with E-state index in [0.717, 1.165) is 54.3 Å². The quantitative estimate of drug-likeness (QED) is 0.344. The van der Waals surface area contributed by atoms with Gasteiger partial charge < -0.3 is 29.5 Å². The number of piperazine rings is 1. The molecule has 0 unspecified atom stereocenters. The van der Waals surface area contributed by atoms with Gasteiger partial charge in [-0.1, -0.05) is 6.07 Å². The Balaban J connectivity index is 1.40. The van der Waals surface area contributed by atoms with E-state index < -0.39 is 0 Å². The molecule has 200 valence electrons. The minimum atomic E-state index is -0.312. The maximum absolute atomic E-state index is 9.67. The first-order chi connectivity index (χ1) is 18.5. The minimum Gasteiger partial charge on any atom is -0.496 e. The second kappa shape index (κ2) is 11.2. The third-order valence-electron chi connectivity index (χ3n) is 6.77. The summed E-state index contributed by atoms with van der Waals surface area (Å²) in [6.07, 6.45) is 1.46. The molecule has 0 amide bonds. The maximum atomic E-state index is 9.67. The first kappa shape index (κ1) is 25.6. The summed E-state index contributed by atoms with van der Waals surface area (Å²) in [4.78, 5) is 9.14. The lowest BCUT2D eigenvalue weighted by Gasteiger charge is -2.36. The fourth-order valence-electron chi connectivity index (χ4n) is 4.91. The largest absolute Gasteiger partial charge is 0.496 e. The first-order valence-corrected chi connectivity index (χ1v) is 12.7. The van der Waals surface area contributed by atoms with Crippen LogP contribution >= 0.6 is 0 Å². The Morgan fingerprint density at radius 2 is 1.63 bits per heavy atom. The average Bonchev–Trinajstić information content (AvgIpc) is 3.35. The highest BCUT2D eigenvalue weighted by atomic mass is 16.5. The molecule has 4 aromatic rings. The van der Waals surface area contributed by atoms with Crippen molar-refractivity contribution in [2.24, 2.45) is 0 Å². The molecule has 3 heterocycles. The molecule has 10 nitrogen and oxygen atoms in total. The van der Waals surface area contributed by atoms with Crippen LogP contribution < -0.4 is 24.4 Å². The highest BCUT2D eigenvalue weighted by Crippen LogP contribution is 2.39. The smallest absolute Gasteiger partial charge is 0.245 e. The Kier molecular flexibility index (Phi) is 7.52. The average molecular weight is 519 g/mol. The SMILES string of the molecule is COc1cc(N2CCN(C[C@H](C)O)CC2)ccc1Nc1ncc2ccc(-c3c(OC)cccc3OC)n2n1. The second-order valence-corrected chi connectivity index (χ2v) is 9.32. The molecule has 2 aromatic carbocycles. The number of fused-ring (bicyclic) bond motifs is 1. The zero-order chi connectivity index (χ0) is 26.6. The lowest BCUT2D eigenvalue weighted by Crippen LogP contribution is -2.48. The van der Waals surface area contributed by atoms with Crippen LogP contribution in [0.3, 0.4) is 0 Å². The Morgan fingerprint density at radius 3 is 2.29 bits per heavy atom. The predicted octanol–water partition coefficient (Wildman–Crippen LogP) is 3.67. The second-order valence-electron chi connectivity index (χ2n) is 9.32. The van der Waals surface area contributed by atoms with Crippen molar-refractivity contribution in [3.63, 3.8) is 0 Å². The van der Waals surface area contributed by atoms with Crippen LogP contribution in [0.25, 0.3) is 16.8 Å². The molecule has 1 fully saturated rings. The lowest BCUT2D eigenvalue weighted by molar-refractivity contribution is 0.122. The molecule has 0 spiro atoms. The number of aliphatic hydroxyl groups excluding tert-OH is 1. The molecular formula is C28H34N6O4. The van der Waals surface area contributed by atoms with Gasteiger partial charge in [0.15, 0.2) is 0 Å². The summed E-state index contributed by atoms with van der Waals surface area (Å²) in [5.74, 6) is 2.53. The Hall–Kier alpha value is -4.02. The van der Waals surface area contributed by atoms with Gasteiger partial charge in [0, 0.05) is 44.5 Å². The Labute approximate surface area is 222 Å². The summed E-state index contributed by atoms with van der Waals surface area (Å²) >= 11 is 0. The van der Waals surface area contributed by atoms with Crippen molar-refractivity contribution < 1.29 is 19.3 Å². The van der Waals surface area contributed by atoms with Crippen molar-refractivity contribution in [2.75, 3.05) is 64.3 Å². The van der Waals surface area contributed by atoms with Gasteiger partial charge in [-0.25, -0.2) is 9.50 Å². The number of aliphatic hydroxyl groups is 1. The predicted molar refractivity (Wildman–Crippen MR) is 148 cm³/mol. The molecule has 0 bridgehead atoms. The molecule has 1 aliphatic rings. The molecular weight excluding hydrogens is 484 g/mol. The van der Waals surface area contributed by atoms with E-state index in [1.807, 2.05) is 53.9 Å². The van der Waals surface area contributed by atoms with E-state index in [9.17, 15) is 5.11 Å². The van der Waals surface area contributed by atoms with Crippen molar-refractivity contribution in [2.45, 2.75) is 13.0 Å². The van der Waals surface area contributed by atoms with E-state index in [-0.39, 0.29) is 6.10 Å². The third-order valence-corrected chi connectivity index (χ3v) is 6.77. The number of nitrogens with one attached hydrogen (secondary N) is 1. The van der Waals surface area contributed by atoms with Crippen molar-refractivity contribution >= 4 is 22.8 Å². The van der Waals surface area contributed by atoms with Gasteiger partial charge in [-0.3, -0.25) is 4.90 Å². The normalized spacial score (nSPS) is 14.9. The van der Waals surface area contributed by atoms with Crippen LogP contribution in [0, 0.1) is 0 Å². The fourth-order valence-corrected chi connectivity index (χ4v) is 4.91. The molecule has 2 aromatic heterocycles. The molecule has 1 atom stereocenters. The topological polar surface area (TPSA) is 96.6 Å². The van der Waals surface area contributed by atoms with E-state index in [4.69, 9.17) is 19.3 Å². The zero-order valence-electron chi connectivity index (χ0n) is 22.2. The summed E-state index contributed by atoms with van der Waals surface area (Å²) in [6.45, 7) is 6.15. The van der Waals surface area contributed by atoms with Crippen LogP contribution in [0.5, 0.6) is 17.2 Å². The number of benzene rings is 2. The summed E-state index contributed by atoms with van der Waals surface area (Å²) in [6, 6.07) is 15.7. The van der Waals surface area contributed by atoms with Crippen molar-refractivity contribution in [1.29, 1.82) is 0 Å². The van der Waals surface area contributed by atoms with Gasteiger partial charge in [0.2, 0.25) is 5.95 Å². The van der Waals surface area contributed by atoms with Crippen LogP contribution in [0.15, 0.2) is 54.7 Å². The first-order valence-electron chi connectivity index (χ1n) is 12.7. The van der Waals surface area contributed by atoms with E-state index in [0.29, 0.717) is 29.7 Å². The van der Waals surface area contributed by atoms with E-state index in [1.165, 1.54) is 0 Å². The fraction of sp³-hybridized carbons (Fsp3) is 0.357. The highest BCUT2D eigenvalue weighted by Gasteiger charge is 2.20. The molecule has 0 saturated carbocycles. The van der Waals surface area contributed by atoms with Crippen molar-refractivity contribution in [1.82, 2.24) is 19.5 Å². The van der Waals surface area contributed by atoms with Gasteiger partial charge in [-0.15, -0.1) is 5.10 Å². The van der Waals surface area contributed by atoms with Crippen LogP contribution in [0.4, 0.5) is 17.3 Å². The summed E-state index contributed by atoms with van der Waals surface area (Å²) < 4.78 is 18.8. The molecule has 1 aliphatic heterocycles. The van der Waals surface area contributed by atoms with Crippen molar-refractivity contribution in [3.8, 4) is 28.5 Å². The summed E-state index contributed by atoms with van der Waals surface area (Å²) in [5, 5.41) is 17.8. The molecule has 2 N–H and O–H groups in total. The van der Waals surface area contributed by atoms with Gasteiger partial charge in [0.25, 0.3) is 0 Å². The molecule has 38 heavy (non-hydrogen) atoms. The van der Waals surface area contributed by atoms with Gasteiger partial charge in [0.05, 0.1) is 56.1 Å². The van der Waals surface area contributed by atoms with E-state index in [2.05, 4.69) is 26.2 Å². The number of nitrogens with zero attached hydrogens (tertiary/aromatic N) is 5. The number of anilines is 3. The minimum absolute atomic E-state index is 0.312. The number of hydrogen-bond acceptors (Lipinski definition) is 9. The molecule has 10 heteroatoms. The Bertz CT molecular complexity index is 1380. The number of rotatable bonds is 9. The number of aromatic nitrogens is 3. The summed E-state index contributed by atoms with van der Waals surface area (Å²) in [7, 11) is 4.94. The van der Waals surface area contributed by atoms with Gasteiger partial charge >= 0.3 is 0 Å². The highest BCUT2D eigenvalue weighted by molar-refractivity contribution is 5.77. The molecule has 5 rings (SSSR count). The standard InChI is InChI=1S/C28H34N6O4/c1-19(35)18-32-12-14-33(15-13-32)20-8-10-22(26(16-20)38-4)30-28-29-17-21-9-11-23(34(21)31-28)27-24(36-2)6-5-7-25(27)37-3/h5-11,16-17,19,35H,12-15,18H2,1-4H3,(H,30,31)/t19-/m0/s1. The van der Waals surface area contributed by atoms with E-state index in [1.54, 1.807) is 27.5 Å². The molecule has 1 saturated heterocycles. The summed E-state index contributed by atoms with van der Waals surface area (Å²) in [5.41, 5.74) is 4.35. The molecule has 0 radical (unpaired) electrons. The van der Waals surface area contributed by atoms with Crippen LogP contribution in [0.1, 0.15) is 6.92 Å². The number of hydrogen-bond donors (Lipinski definition) is 2. The lowest BCUT2D eigenvalue weighted by atomic mass is 10.1.